The van der Waals surface area contributed by atoms with E-state index in [9.17, 15) is 0 Å². The summed E-state index contributed by atoms with van der Waals surface area (Å²) in [5, 5.41) is 0. The Kier molecular flexibility index (Phi) is 2.94. The predicted molar refractivity (Wildman–Crippen MR) is 50.1 cm³/mol. The number of rotatable bonds is 2. The number of pyridine rings is 1. The van der Waals surface area contributed by atoms with Crippen molar-refractivity contribution in [3.8, 4) is 0 Å². The molecule has 1 aromatic rings. The summed E-state index contributed by atoms with van der Waals surface area (Å²) in [7, 11) is 0. The second kappa shape index (κ2) is 3.77. The predicted octanol–water partition coefficient (Wildman–Crippen LogP) is 2.67. The van der Waals surface area contributed by atoms with Crippen LogP contribution in [0.1, 0.15) is 18.2 Å². The van der Waals surface area contributed by atoms with Crippen LogP contribution in [0.4, 0.5) is 0 Å². The van der Waals surface area contributed by atoms with Crippen LogP contribution in [0.15, 0.2) is 17.2 Å². The maximum absolute atomic E-state index is 4.25. The first-order valence-electron chi connectivity index (χ1n) is 3.78. The average molecular weight is 167 g/mol. The molecule has 0 saturated carbocycles. The highest BCUT2D eigenvalue weighted by Gasteiger charge is 2.01. The van der Waals surface area contributed by atoms with Gasteiger partial charge >= 0.3 is 0 Å². The lowest BCUT2D eigenvalue weighted by Gasteiger charge is -2.06. The molecule has 0 spiro atoms. The van der Waals surface area contributed by atoms with Gasteiger partial charge < -0.3 is 0 Å². The first-order chi connectivity index (χ1) is 5.29. The van der Waals surface area contributed by atoms with E-state index in [1.165, 1.54) is 16.2 Å². The Labute approximate surface area is 72.2 Å². The molecule has 0 aliphatic heterocycles. The highest BCUT2D eigenvalue weighted by atomic mass is 32.2. The highest BCUT2D eigenvalue weighted by Crippen LogP contribution is 2.21. The maximum Gasteiger partial charge on any atom is 0.0415 e. The highest BCUT2D eigenvalue weighted by molar-refractivity contribution is 7.98. The first kappa shape index (κ1) is 8.60. The summed E-state index contributed by atoms with van der Waals surface area (Å²) in [6.07, 6.45) is 5.06. The fourth-order valence-electron chi connectivity index (χ4n) is 1.19. The van der Waals surface area contributed by atoms with Crippen LogP contribution >= 0.6 is 11.8 Å². The van der Waals surface area contributed by atoms with Crippen LogP contribution in [0.3, 0.4) is 0 Å². The third-order valence-corrected chi connectivity index (χ3v) is 2.62. The normalized spacial score (nSPS) is 10.1. The number of nitrogens with zero attached hydrogens (tertiary/aromatic N) is 1. The second-order valence-corrected chi connectivity index (χ2v) is 3.28. The van der Waals surface area contributed by atoms with Crippen LogP contribution < -0.4 is 0 Å². The number of aryl methyl sites for hydroxylation is 1. The molecule has 0 bridgehead atoms. The smallest absolute Gasteiger partial charge is 0.0415 e. The van der Waals surface area contributed by atoms with Crippen LogP contribution in [-0.2, 0) is 6.42 Å². The zero-order valence-corrected chi connectivity index (χ0v) is 8.03. The summed E-state index contributed by atoms with van der Waals surface area (Å²) < 4.78 is 0. The van der Waals surface area contributed by atoms with E-state index in [0.717, 1.165) is 6.42 Å². The fraction of sp³-hybridized carbons (Fsp3) is 0.444. The van der Waals surface area contributed by atoms with Gasteiger partial charge in [-0.3, -0.25) is 4.98 Å². The molecular formula is C9H13NS. The van der Waals surface area contributed by atoms with Gasteiger partial charge in [-0.2, -0.15) is 0 Å². The molecule has 0 radical (unpaired) electrons. The number of aromatic nitrogens is 1. The van der Waals surface area contributed by atoms with E-state index in [1.807, 2.05) is 6.20 Å². The molecule has 0 fully saturated rings. The summed E-state index contributed by atoms with van der Waals surface area (Å²) in [4.78, 5) is 5.61. The SMILES string of the molecule is CCc1c(SC)ccnc1C. The molecular weight excluding hydrogens is 154 g/mol. The Morgan fingerprint density at radius 3 is 2.73 bits per heavy atom. The molecule has 0 saturated heterocycles. The van der Waals surface area contributed by atoms with Crippen molar-refractivity contribution in [1.29, 1.82) is 0 Å². The molecule has 2 heteroatoms. The molecule has 0 aliphatic rings. The zero-order chi connectivity index (χ0) is 8.27. The largest absolute Gasteiger partial charge is 0.261 e. The molecule has 0 amide bonds. The lowest BCUT2D eigenvalue weighted by Crippen LogP contribution is -1.92. The van der Waals surface area contributed by atoms with E-state index in [-0.39, 0.29) is 0 Å². The van der Waals surface area contributed by atoms with Gasteiger partial charge in [-0.1, -0.05) is 6.92 Å². The molecule has 1 nitrogen and oxygen atoms in total. The summed E-state index contributed by atoms with van der Waals surface area (Å²) >= 11 is 1.79. The van der Waals surface area contributed by atoms with Crippen molar-refractivity contribution in [2.24, 2.45) is 0 Å². The Balaban J connectivity index is 3.13. The van der Waals surface area contributed by atoms with Gasteiger partial charge in [-0.25, -0.2) is 0 Å². The van der Waals surface area contributed by atoms with Gasteiger partial charge in [0.05, 0.1) is 0 Å². The second-order valence-electron chi connectivity index (χ2n) is 2.43. The van der Waals surface area contributed by atoms with Crippen LogP contribution in [0.5, 0.6) is 0 Å². The van der Waals surface area contributed by atoms with Crippen LogP contribution in [0, 0.1) is 6.92 Å². The van der Waals surface area contributed by atoms with Crippen LogP contribution in [0.25, 0.3) is 0 Å². The molecule has 0 unspecified atom stereocenters. The topological polar surface area (TPSA) is 12.9 Å². The van der Waals surface area contributed by atoms with Crippen molar-refractivity contribution in [1.82, 2.24) is 4.98 Å². The third kappa shape index (κ3) is 1.74. The van der Waals surface area contributed by atoms with Gasteiger partial charge in [0.1, 0.15) is 0 Å². The molecule has 0 N–H and O–H groups in total. The quantitative estimate of drug-likeness (QED) is 0.628. The van der Waals surface area contributed by atoms with E-state index < -0.39 is 0 Å². The molecule has 0 aromatic carbocycles. The monoisotopic (exact) mass is 167 g/mol. The van der Waals surface area contributed by atoms with Crippen molar-refractivity contribution >= 4 is 11.8 Å². The number of hydrogen-bond acceptors (Lipinski definition) is 2. The molecule has 0 atom stereocenters. The zero-order valence-electron chi connectivity index (χ0n) is 7.22. The van der Waals surface area contributed by atoms with Gasteiger partial charge in [0, 0.05) is 16.8 Å². The van der Waals surface area contributed by atoms with Crippen LogP contribution in [-0.4, -0.2) is 11.2 Å². The van der Waals surface area contributed by atoms with Crippen molar-refractivity contribution in [2.45, 2.75) is 25.2 Å². The Morgan fingerprint density at radius 2 is 2.27 bits per heavy atom. The van der Waals surface area contributed by atoms with Crippen molar-refractivity contribution < 1.29 is 0 Å². The lowest BCUT2D eigenvalue weighted by molar-refractivity contribution is 0.997. The Morgan fingerprint density at radius 1 is 1.55 bits per heavy atom. The van der Waals surface area contributed by atoms with Crippen molar-refractivity contribution in [2.75, 3.05) is 6.26 Å². The van der Waals surface area contributed by atoms with E-state index in [2.05, 4.69) is 31.2 Å². The maximum atomic E-state index is 4.25. The summed E-state index contributed by atoms with van der Waals surface area (Å²) in [5.74, 6) is 0. The van der Waals surface area contributed by atoms with Crippen molar-refractivity contribution in [3.63, 3.8) is 0 Å². The van der Waals surface area contributed by atoms with E-state index in [1.54, 1.807) is 11.8 Å². The third-order valence-electron chi connectivity index (χ3n) is 1.80. The standard InChI is InChI=1S/C9H13NS/c1-4-8-7(2)10-6-5-9(8)11-3/h5-6H,4H2,1-3H3. The Bertz CT molecular complexity index is 245. The molecule has 1 rings (SSSR count). The lowest BCUT2D eigenvalue weighted by atomic mass is 10.1. The average Bonchev–Trinajstić information content (AvgIpc) is 2.04. The molecule has 60 valence electrons. The fourth-order valence-corrected chi connectivity index (χ4v) is 1.93. The molecule has 0 aliphatic carbocycles. The molecule has 11 heavy (non-hydrogen) atoms. The van der Waals surface area contributed by atoms with Gasteiger partial charge in [-0.15, -0.1) is 11.8 Å². The van der Waals surface area contributed by atoms with E-state index in [4.69, 9.17) is 0 Å². The molecule has 1 aromatic heterocycles. The van der Waals surface area contributed by atoms with E-state index in [0.29, 0.717) is 0 Å². The number of thioether (sulfide) groups is 1. The minimum atomic E-state index is 1.08. The van der Waals surface area contributed by atoms with Gasteiger partial charge in [0.25, 0.3) is 0 Å². The van der Waals surface area contributed by atoms with Gasteiger partial charge in [0.2, 0.25) is 0 Å². The van der Waals surface area contributed by atoms with Gasteiger partial charge in [-0.05, 0) is 31.2 Å². The molecule has 1 heterocycles. The Hall–Kier alpha value is -0.500. The number of hydrogen-bond donors (Lipinski definition) is 0. The summed E-state index contributed by atoms with van der Waals surface area (Å²) in [6, 6.07) is 2.08. The van der Waals surface area contributed by atoms with Gasteiger partial charge in [0.15, 0.2) is 0 Å². The first-order valence-corrected chi connectivity index (χ1v) is 5.00. The minimum Gasteiger partial charge on any atom is -0.261 e. The van der Waals surface area contributed by atoms with Crippen molar-refractivity contribution in [3.05, 3.63) is 23.5 Å². The van der Waals surface area contributed by atoms with Crippen LogP contribution in [0.2, 0.25) is 0 Å². The van der Waals surface area contributed by atoms with E-state index >= 15 is 0 Å². The summed E-state index contributed by atoms with van der Waals surface area (Å²) in [6.45, 7) is 4.24. The minimum absolute atomic E-state index is 1.08. The summed E-state index contributed by atoms with van der Waals surface area (Å²) in [5.41, 5.74) is 2.55.